The van der Waals surface area contributed by atoms with Gasteiger partial charge in [-0.2, -0.15) is 0 Å². The molecule has 1 aromatic carbocycles. The van der Waals surface area contributed by atoms with Crippen molar-refractivity contribution in [2.45, 2.75) is 6.04 Å². The van der Waals surface area contributed by atoms with Crippen LogP contribution in [0.4, 0.5) is 4.39 Å². The molecule has 80 valence electrons. The molecule has 3 N–H and O–H groups in total. The SMILES string of the molecule is Cl.N[C@@H](CF)c1cc(Cl)cc(Cl)c1O. The molecule has 0 aliphatic rings. The Morgan fingerprint density at radius 2 is 2.00 bits per heavy atom. The van der Waals surface area contributed by atoms with Crippen LogP contribution in [0.2, 0.25) is 10.0 Å². The lowest BCUT2D eigenvalue weighted by Gasteiger charge is -2.11. The predicted octanol–water partition coefficient (Wildman–Crippen LogP) is 3.09. The van der Waals surface area contributed by atoms with Gasteiger partial charge in [-0.25, -0.2) is 4.39 Å². The molecule has 0 aliphatic carbocycles. The molecular weight excluding hydrogens is 251 g/mol. The second-order valence-corrected chi connectivity index (χ2v) is 3.43. The third-order valence-corrected chi connectivity index (χ3v) is 2.13. The Balaban J connectivity index is 0.00000169. The Labute approximate surface area is 97.2 Å². The summed E-state index contributed by atoms with van der Waals surface area (Å²) in [6.07, 6.45) is 0. The lowest BCUT2D eigenvalue weighted by Crippen LogP contribution is -2.12. The number of hydrogen-bond acceptors (Lipinski definition) is 2. The van der Waals surface area contributed by atoms with Crippen LogP contribution in [0.25, 0.3) is 0 Å². The summed E-state index contributed by atoms with van der Waals surface area (Å²) < 4.78 is 12.2. The first-order valence-corrected chi connectivity index (χ1v) is 4.31. The summed E-state index contributed by atoms with van der Waals surface area (Å²) in [5.41, 5.74) is 5.60. The average molecular weight is 261 g/mol. The van der Waals surface area contributed by atoms with E-state index in [1.807, 2.05) is 0 Å². The van der Waals surface area contributed by atoms with Crippen LogP contribution in [0.15, 0.2) is 12.1 Å². The van der Waals surface area contributed by atoms with Crippen molar-refractivity contribution in [3.8, 4) is 5.75 Å². The van der Waals surface area contributed by atoms with Gasteiger partial charge in [-0.15, -0.1) is 12.4 Å². The summed E-state index contributed by atoms with van der Waals surface area (Å²) in [6, 6.07) is 1.87. The summed E-state index contributed by atoms with van der Waals surface area (Å²) in [5, 5.41) is 9.78. The number of alkyl halides is 1. The lowest BCUT2D eigenvalue weighted by molar-refractivity contribution is 0.414. The van der Waals surface area contributed by atoms with Gasteiger partial charge in [-0.05, 0) is 12.1 Å². The summed E-state index contributed by atoms with van der Waals surface area (Å²) in [4.78, 5) is 0. The first-order chi connectivity index (χ1) is 6.06. The van der Waals surface area contributed by atoms with Gasteiger partial charge in [0, 0.05) is 10.6 Å². The third kappa shape index (κ3) is 2.89. The molecule has 0 saturated heterocycles. The van der Waals surface area contributed by atoms with Gasteiger partial charge in [0.05, 0.1) is 11.1 Å². The topological polar surface area (TPSA) is 46.2 Å². The molecule has 6 heteroatoms. The molecule has 0 amide bonds. The van der Waals surface area contributed by atoms with E-state index >= 15 is 0 Å². The maximum atomic E-state index is 12.2. The van der Waals surface area contributed by atoms with Crippen molar-refractivity contribution >= 4 is 35.6 Å². The first-order valence-electron chi connectivity index (χ1n) is 3.55. The number of rotatable bonds is 2. The Morgan fingerprint density at radius 1 is 1.43 bits per heavy atom. The fourth-order valence-electron chi connectivity index (χ4n) is 0.952. The number of nitrogens with two attached hydrogens (primary N) is 1. The minimum atomic E-state index is -0.892. The summed E-state index contributed by atoms with van der Waals surface area (Å²) in [7, 11) is 0. The number of benzene rings is 1. The summed E-state index contributed by atoms with van der Waals surface area (Å²) >= 11 is 11.3. The van der Waals surface area contributed by atoms with Gasteiger partial charge in [-0.1, -0.05) is 23.2 Å². The van der Waals surface area contributed by atoms with Crippen LogP contribution in [0.1, 0.15) is 11.6 Å². The van der Waals surface area contributed by atoms with Crippen molar-refractivity contribution in [2.75, 3.05) is 6.67 Å². The second kappa shape index (κ2) is 5.61. The molecule has 1 atom stereocenters. The van der Waals surface area contributed by atoms with Gasteiger partial charge in [0.2, 0.25) is 0 Å². The van der Waals surface area contributed by atoms with Crippen LogP contribution in [0.3, 0.4) is 0 Å². The highest BCUT2D eigenvalue weighted by Crippen LogP contribution is 2.34. The standard InChI is InChI=1S/C8H8Cl2FNO.ClH/c9-4-1-5(7(12)3-11)8(13)6(10)2-4;/h1-2,7,13H,3,12H2;1H/t7-;/m0./s1. The largest absolute Gasteiger partial charge is 0.506 e. The molecule has 0 unspecified atom stereocenters. The van der Waals surface area contributed by atoms with Crippen LogP contribution in [-0.2, 0) is 0 Å². The van der Waals surface area contributed by atoms with E-state index in [9.17, 15) is 9.50 Å². The zero-order valence-electron chi connectivity index (χ0n) is 7.01. The fourth-order valence-corrected chi connectivity index (χ4v) is 1.46. The fraction of sp³-hybridized carbons (Fsp3) is 0.250. The molecule has 0 radical (unpaired) electrons. The highest BCUT2D eigenvalue weighted by Gasteiger charge is 2.14. The molecule has 1 rings (SSSR count). The molecule has 1 aromatic rings. The number of phenolic OH excluding ortho intramolecular Hbond substituents is 1. The highest BCUT2D eigenvalue weighted by atomic mass is 35.5. The second-order valence-electron chi connectivity index (χ2n) is 2.59. The van der Waals surface area contributed by atoms with Crippen molar-refractivity contribution in [3.63, 3.8) is 0 Å². The van der Waals surface area contributed by atoms with Gasteiger partial charge in [0.15, 0.2) is 0 Å². The van der Waals surface area contributed by atoms with Crippen molar-refractivity contribution in [1.82, 2.24) is 0 Å². The molecule has 2 nitrogen and oxygen atoms in total. The quantitative estimate of drug-likeness (QED) is 0.858. The Bertz CT molecular complexity index is 322. The third-order valence-electron chi connectivity index (χ3n) is 1.62. The van der Waals surface area contributed by atoms with Crippen molar-refractivity contribution < 1.29 is 9.50 Å². The van der Waals surface area contributed by atoms with E-state index in [4.69, 9.17) is 28.9 Å². The summed E-state index contributed by atoms with van der Waals surface area (Å²) in [5.74, 6) is -0.212. The van der Waals surface area contributed by atoms with Gasteiger partial charge < -0.3 is 10.8 Å². The molecule has 0 saturated carbocycles. The number of hydrogen-bond donors (Lipinski definition) is 2. The molecule has 0 aliphatic heterocycles. The maximum absolute atomic E-state index is 12.2. The lowest BCUT2D eigenvalue weighted by atomic mass is 10.1. The van der Waals surface area contributed by atoms with E-state index in [2.05, 4.69) is 0 Å². The Kier molecular flexibility index (Phi) is 5.52. The molecule has 0 bridgehead atoms. The van der Waals surface area contributed by atoms with Gasteiger partial charge in [0.25, 0.3) is 0 Å². The van der Waals surface area contributed by atoms with Crippen molar-refractivity contribution in [1.29, 1.82) is 0 Å². The van der Waals surface area contributed by atoms with Crippen LogP contribution in [-0.4, -0.2) is 11.8 Å². The summed E-state index contributed by atoms with van der Waals surface area (Å²) in [6.45, 7) is -0.774. The minimum absolute atomic E-state index is 0. The van der Waals surface area contributed by atoms with E-state index < -0.39 is 12.7 Å². The average Bonchev–Trinajstić information content (AvgIpc) is 2.10. The van der Waals surface area contributed by atoms with Crippen LogP contribution < -0.4 is 5.73 Å². The minimum Gasteiger partial charge on any atom is -0.506 e. The van der Waals surface area contributed by atoms with Crippen molar-refractivity contribution in [3.05, 3.63) is 27.7 Å². The van der Waals surface area contributed by atoms with Crippen LogP contribution >= 0.6 is 35.6 Å². The molecule has 0 fully saturated rings. The van der Waals surface area contributed by atoms with E-state index in [-0.39, 0.29) is 28.7 Å². The highest BCUT2D eigenvalue weighted by molar-refractivity contribution is 6.35. The maximum Gasteiger partial charge on any atom is 0.139 e. The zero-order valence-corrected chi connectivity index (χ0v) is 9.33. The van der Waals surface area contributed by atoms with E-state index in [1.165, 1.54) is 12.1 Å². The normalized spacial score (nSPS) is 12.0. The van der Waals surface area contributed by atoms with E-state index in [0.717, 1.165) is 0 Å². The van der Waals surface area contributed by atoms with Gasteiger partial charge in [-0.3, -0.25) is 0 Å². The molecular formula is C8H9Cl3FNO. The molecule has 14 heavy (non-hydrogen) atoms. The Morgan fingerprint density at radius 3 is 2.50 bits per heavy atom. The van der Waals surface area contributed by atoms with Crippen LogP contribution in [0.5, 0.6) is 5.75 Å². The van der Waals surface area contributed by atoms with Crippen LogP contribution in [0, 0.1) is 0 Å². The molecule has 0 heterocycles. The molecule has 0 spiro atoms. The smallest absolute Gasteiger partial charge is 0.139 e. The number of aromatic hydroxyl groups is 1. The van der Waals surface area contributed by atoms with E-state index in [1.54, 1.807) is 0 Å². The van der Waals surface area contributed by atoms with Gasteiger partial charge >= 0.3 is 0 Å². The van der Waals surface area contributed by atoms with Gasteiger partial charge in [0.1, 0.15) is 12.4 Å². The number of halogens is 4. The number of phenols is 1. The van der Waals surface area contributed by atoms with E-state index in [0.29, 0.717) is 5.02 Å². The first kappa shape index (κ1) is 13.8. The monoisotopic (exact) mass is 259 g/mol. The zero-order chi connectivity index (χ0) is 10.0. The predicted molar refractivity (Wildman–Crippen MR) is 58.3 cm³/mol. The molecule has 0 aromatic heterocycles. The van der Waals surface area contributed by atoms with Crippen molar-refractivity contribution in [2.24, 2.45) is 5.73 Å². The Hall–Kier alpha value is -0.220.